The van der Waals surface area contributed by atoms with Gasteiger partial charge in [-0.1, -0.05) is 218 Å². The predicted molar refractivity (Wildman–Crippen MR) is 309 cm³/mol. The van der Waals surface area contributed by atoms with Gasteiger partial charge in [0.05, 0.1) is 5.41 Å². The summed E-state index contributed by atoms with van der Waals surface area (Å²) in [6, 6.07) is 89.8. The zero-order valence-electron chi connectivity index (χ0n) is 40.3. The van der Waals surface area contributed by atoms with Crippen molar-refractivity contribution in [2.75, 3.05) is 0 Å². The van der Waals surface area contributed by atoms with Gasteiger partial charge >= 0.3 is 0 Å². The molecule has 0 atom stereocenters. The first-order valence-corrected chi connectivity index (χ1v) is 26.3. The molecule has 2 aliphatic carbocycles. The monoisotopic (exact) mass is 971 g/mol. The Labute approximate surface area is 436 Å². The fraction of sp³-hybridized carbons (Fsp3) is 0.0143. The molecule has 3 heterocycles. The second-order valence-corrected chi connectivity index (χ2v) is 20.8. The third-order valence-corrected chi connectivity index (χ3v) is 17.0. The zero-order valence-corrected chi connectivity index (χ0v) is 41.1. The molecular formula is C70H41N3OS. The van der Waals surface area contributed by atoms with E-state index in [2.05, 4.69) is 231 Å². The molecule has 0 radical (unpaired) electrons. The fourth-order valence-corrected chi connectivity index (χ4v) is 13.8. The van der Waals surface area contributed by atoms with Crippen molar-refractivity contribution in [1.82, 2.24) is 15.0 Å². The third-order valence-electron chi connectivity index (χ3n) is 15.8. The van der Waals surface area contributed by atoms with Crippen LogP contribution in [-0.2, 0) is 5.41 Å². The van der Waals surface area contributed by atoms with Crippen LogP contribution in [-0.4, -0.2) is 15.0 Å². The predicted octanol–water partition coefficient (Wildman–Crippen LogP) is 18.5. The average Bonchev–Trinajstić information content (AvgIpc) is 4.38. The van der Waals surface area contributed by atoms with Crippen LogP contribution in [0, 0.1) is 0 Å². The van der Waals surface area contributed by atoms with Gasteiger partial charge in [-0.25, -0.2) is 15.0 Å². The van der Waals surface area contributed by atoms with Crippen molar-refractivity contribution in [2.45, 2.75) is 5.41 Å². The molecule has 11 aromatic carbocycles. The molecule has 14 aromatic rings. The highest BCUT2D eigenvalue weighted by molar-refractivity contribution is 7.26. The SMILES string of the molecule is c1ccc(-c2ccc(-c3nc(-c4cccc5c4sc4ccccc45)nc(-c4cccc5oc6ccc(-c7ccc(-c8cccc9c8C8(c%10ccccc%10-c%10ccccc%108)c8ccccc8-9)cc7)cc6c45)n3)cc2)cc1. The first-order chi connectivity index (χ1) is 37.2. The van der Waals surface area contributed by atoms with Gasteiger partial charge in [0.1, 0.15) is 11.2 Å². The summed E-state index contributed by atoms with van der Waals surface area (Å²) in [5, 5.41) is 4.40. The Bertz CT molecular complexity index is 4580. The van der Waals surface area contributed by atoms with Crippen molar-refractivity contribution in [3.05, 3.63) is 271 Å². The topological polar surface area (TPSA) is 51.8 Å². The Morgan fingerprint density at radius 2 is 0.800 bits per heavy atom. The average molecular weight is 972 g/mol. The van der Waals surface area contributed by atoms with E-state index in [-0.39, 0.29) is 0 Å². The highest BCUT2D eigenvalue weighted by Gasteiger charge is 2.52. The van der Waals surface area contributed by atoms with E-state index in [1.807, 2.05) is 18.2 Å². The van der Waals surface area contributed by atoms with Crippen LogP contribution >= 0.6 is 11.3 Å². The summed E-state index contributed by atoms with van der Waals surface area (Å²) in [6.45, 7) is 0. The van der Waals surface area contributed by atoms with Crippen LogP contribution in [0.4, 0.5) is 0 Å². The molecule has 75 heavy (non-hydrogen) atoms. The number of nitrogens with zero attached hydrogens (tertiary/aromatic N) is 3. The highest BCUT2D eigenvalue weighted by Crippen LogP contribution is 2.64. The lowest BCUT2D eigenvalue weighted by Gasteiger charge is -2.32. The van der Waals surface area contributed by atoms with Crippen LogP contribution in [0.5, 0.6) is 0 Å². The molecule has 0 fully saturated rings. The van der Waals surface area contributed by atoms with Crippen molar-refractivity contribution in [3.8, 4) is 89.8 Å². The van der Waals surface area contributed by atoms with Gasteiger partial charge in [0, 0.05) is 47.6 Å². The number of benzene rings is 11. The fourth-order valence-electron chi connectivity index (χ4n) is 12.5. The van der Waals surface area contributed by atoms with E-state index in [1.54, 1.807) is 11.3 Å². The lowest BCUT2D eigenvalue weighted by atomic mass is 9.68. The molecule has 0 aliphatic heterocycles. The van der Waals surface area contributed by atoms with Crippen molar-refractivity contribution in [1.29, 1.82) is 0 Å². The van der Waals surface area contributed by atoms with Gasteiger partial charge in [0.15, 0.2) is 17.5 Å². The summed E-state index contributed by atoms with van der Waals surface area (Å²) in [5.74, 6) is 1.83. The van der Waals surface area contributed by atoms with Crippen LogP contribution in [0.2, 0.25) is 0 Å². The van der Waals surface area contributed by atoms with Crippen molar-refractivity contribution < 1.29 is 4.42 Å². The van der Waals surface area contributed by atoms with Crippen molar-refractivity contribution >= 4 is 53.4 Å². The molecule has 5 heteroatoms. The van der Waals surface area contributed by atoms with Crippen LogP contribution in [0.25, 0.3) is 132 Å². The summed E-state index contributed by atoms with van der Waals surface area (Å²) in [6.07, 6.45) is 0. The molecule has 16 rings (SSSR count). The van der Waals surface area contributed by atoms with E-state index in [0.717, 1.165) is 65.6 Å². The van der Waals surface area contributed by atoms with E-state index in [1.165, 1.54) is 71.1 Å². The van der Waals surface area contributed by atoms with Gasteiger partial charge in [-0.2, -0.15) is 0 Å². The van der Waals surface area contributed by atoms with Crippen molar-refractivity contribution in [3.63, 3.8) is 0 Å². The second-order valence-electron chi connectivity index (χ2n) is 19.7. The van der Waals surface area contributed by atoms with Gasteiger partial charge < -0.3 is 4.42 Å². The lowest BCUT2D eigenvalue weighted by molar-refractivity contribution is 0.669. The standard InChI is InChI=1S/C70H41N3OS/c1-2-15-42(16-3-1)43-33-37-46(38-34-43)67-71-68(73-69(72-67)56-25-13-23-54-52-20-7-11-30-63(52)75-66(54)56)55-24-14-29-62-64(55)57-41-47(39-40-61(57)74-62)44-31-35-45(36-32-44)48-21-12-22-53-51-19-6-10-28-60(51)70(65(48)53)58-26-8-4-17-49(58)50-18-5-9-27-59(50)70/h1-41H. The maximum absolute atomic E-state index is 6.65. The van der Waals surface area contributed by atoms with E-state index in [9.17, 15) is 0 Å². The molecule has 0 N–H and O–H groups in total. The van der Waals surface area contributed by atoms with E-state index < -0.39 is 5.41 Å². The number of rotatable bonds is 6. The Hall–Kier alpha value is -9.55. The summed E-state index contributed by atoms with van der Waals surface area (Å²) in [5.41, 5.74) is 21.5. The van der Waals surface area contributed by atoms with Crippen LogP contribution in [0.1, 0.15) is 22.3 Å². The maximum atomic E-state index is 6.65. The minimum Gasteiger partial charge on any atom is -0.456 e. The van der Waals surface area contributed by atoms with E-state index in [4.69, 9.17) is 19.4 Å². The summed E-state index contributed by atoms with van der Waals surface area (Å²) >= 11 is 1.78. The van der Waals surface area contributed by atoms with Crippen LogP contribution in [0.3, 0.4) is 0 Å². The molecule has 0 unspecified atom stereocenters. The Kier molecular flexibility index (Phi) is 9.09. The second kappa shape index (κ2) is 16.2. The highest BCUT2D eigenvalue weighted by atomic mass is 32.1. The molecule has 0 saturated carbocycles. The molecule has 2 aliphatic rings. The minimum atomic E-state index is -0.432. The van der Waals surface area contributed by atoms with E-state index in [0.29, 0.717) is 17.5 Å². The molecule has 0 bridgehead atoms. The maximum Gasteiger partial charge on any atom is 0.165 e. The smallest absolute Gasteiger partial charge is 0.165 e. The quantitative estimate of drug-likeness (QED) is 0.167. The molecule has 1 spiro atoms. The molecule has 0 saturated heterocycles. The zero-order chi connectivity index (χ0) is 49.2. The summed E-state index contributed by atoms with van der Waals surface area (Å²) < 4.78 is 9.04. The van der Waals surface area contributed by atoms with Gasteiger partial charge in [-0.15, -0.1) is 11.3 Å². The number of hydrogen-bond acceptors (Lipinski definition) is 5. The van der Waals surface area contributed by atoms with Crippen LogP contribution < -0.4 is 0 Å². The number of thiophene rings is 1. The largest absolute Gasteiger partial charge is 0.456 e. The lowest BCUT2D eigenvalue weighted by Crippen LogP contribution is -2.26. The Morgan fingerprint density at radius 3 is 1.55 bits per heavy atom. The normalized spacial score (nSPS) is 12.9. The summed E-state index contributed by atoms with van der Waals surface area (Å²) in [4.78, 5) is 15.9. The van der Waals surface area contributed by atoms with Crippen molar-refractivity contribution in [2.24, 2.45) is 0 Å². The number of aromatic nitrogens is 3. The molecule has 4 nitrogen and oxygen atoms in total. The number of fused-ring (bicyclic) bond motifs is 16. The van der Waals surface area contributed by atoms with Gasteiger partial charge in [-0.3, -0.25) is 0 Å². The first-order valence-electron chi connectivity index (χ1n) is 25.5. The van der Waals surface area contributed by atoms with Crippen LogP contribution in [0.15, 0.2) is 253 Å². The van der Waals surface area contributed by atoms with E-state index >= 15 is 0 Å². The molecule has 348 valence electrons. The number of furan rings is 1. The summed E-state index contributed by atoms with van der Waals surface area (Å²) in [7, 11) is 0. The minimum absolute atomic E-state index is 0.432. The Balaban J connectivity index is 0.829. The van der Waals surface area contributed by atoms with Gasteiger partial charge in [-0.05, 0) is 108 Å². The molecule has 3 aromatic heterocycles. The molecular weight excluding hydrogens is 931 g/mol. The third kappa shape index (κ3) is 6.19. The Morgan fingerprint density at radius 1 is 0.307 bits per heavy atom. The number of hydrogen-bond donors (Lipinski definition) is 0. The molecule has 0 amide bonds. The first kappa shape index (κ1) is 42.0. The van der Waals surface area contributed by atoms with Gasteiger partial charge in [0.2, 0.25) is 0 Å². The van der Waals surface area contributed by atoms with Gasteiger partial charge in [0.25, 0.3) is 0 Å².